The molecule has 2 fully saturated rings. The number of halogens is 3. The van der Waals surface area contributed by atoms with E-state index in [9.17, 15) is 22.8 Å². The largest absolute Gasteiger partial charge is 0.497 e. The molecular weight excluding hydrogens is 447 g/mol. The second kappa shape index (κ2) is 9.29. The molecule has 2 aromatic rings. The molecule has 0 aliphatic carbocycles. The van der Waals surface area contributed by atoms with Crippen molar-refractivity contribution < 1.29 is 27.5 Å². The van der Waals surface area contributed by atoms with Crippen LogP contribution in [-0.2, 0) is 15.8 Å². The Morgan fingerprint density at radius 3 is 2.65 bits per heavy atom. The number of ether oxygens (including phenoxy) is 1. The van der Waals surface area contributed by atoms with E-state index in [0.717, 1.165) is 24.1 Å². The third-order valence-electron chi connectivity index (χ3n) is 6.76. The molecule has 0 bridgehead atoms. The molecule has 2 aliphatic rings. The van der Waals surface area contributed by atoms with Gasteiger partial charge in [0.1, 0.15) is 5.75 Å². The molecule has 2 saturated heterocycles. The number of hydrogen-bond acceptors (Lipinski definition) is 4. The lowest BCUT2D eigenvalue weighted by molar-refractivity contribution is -0.137. The van der Waals surface area contributed by atoms with E-state index in [1.165, 1.54) is 12.1 Å². The quantitative estimate of drug-likeness (QED) is 0.667. The first kappa shape index (κ1) is 24.1. The molecule has 2 aromatic carbocycles. The fraction of sp³-hybridized carbons (Fsp3) is 0.440. The maximum Gasteiger partial charge on any atom is 0.416 e. The summed E-state index contributed by atoms with van der Waals surface area (Å²) in [6.45, 7) is 1.99. The van der Waals surface area contributed by atoms with Crippen molar-refractivity contribution in [3.05, 3.63) is 59.7 Å². The highest BCUT2D eigenvalue weighted by atomic mass is 19.4. The zero-order valence-corrected chi connectivity index (χ0v) is 19.1. The van der Waals surface area contributed by atoms with Crippen LogP contribution >= 0.6 is 0 Å². The molecule has 3 atom stereocenters. The number of amides is 2. The van der Waals surface area contributed by atoms with Gasteiger partial charge in [0.25, 0.3) is 0 Å². The van der Waals surface area contributed by atoms with E-state index in [1.54, 1.807) is 7.11 Å². The predicted octanol–water partition coefficient (Wildman–Crippen LogP) is 4.53. The molecule has 0 radical (unpaired) electrons. The Kier molecular flexibility index (Phi) is 6.58. The lowest BCUT2D eigenvalue weighted by atomic mass is 9.88. The average Bonchev–Trinajstić information content (AvgIpc) is 2.94. The van der Waals surface area contributed by atoms with Gasteiger partial charge in [-0.2, -0.15) is 13.2 Å². The van der Waals surface area contributed by atoms with Gasteiger partial charge in [-0.15, -0.1) is 0 Å². The number of anilines is 1. The van der Waals surface area contributed by atoms with Crippen molar-refractivity contribution in [1.82, 2.24) is 10.2 Å². The number of hydrogen-bond donors (Lipinski definition) is 2. The number of benzene rings is 2. The van der Waals surface area contributed by atoms with Crippen LogP contribution in [0, 0.1) is 0 Å². The minimum Gasteiger partial charge on any atom is -0.497 e. The van der Waals surface area contributed by atoms with Gasteiger partial charge in [-0.05, 0) is 62.1 Å². The number of alkyl halides is 3. The molecule has 2 heterocycles. The molecule has 4 rings (SSSR count). The predicted molar refractivity (Wildman–Crippen MR) is 121 cm³/mol. The number of carbonyl (C=O) groups excluding carboxylic acids is 2. The molecule has 0 unspecified atom stereocenters. The minimum atomic E-state index is -4.49. The third-order valence-corrected chi connectivity index (χ3v) is 6.76. The Bertz CT molecular complexity index is 1060. The molecule has 2 N–H and O–H groups in total. The van der Waals surface area contributed by atoms with Crippen LogP contribution < -0.4 is 15.4 Å². The second-order valence-corrected chi connectivity index (χ2v) is 9.17. The lowest BCUT2D eigenvalue weighted by Gasteiger charge is -2.34. The molecule has 6 nitrogen and oxygen atoms in total. The Labute approximate surface area is 196 Å². The summed E-state index contributed by atoms with van der Waals surface area (Å²) < 4.78 is 44.4. The SMILES string of the molecule is COc1ccc([C@@H]2C[C@]3(C)NC(=O)CCC[C@@H]3N2CC(=O)Nc2cccc(C(F)(F)F)c2)cc1. The number of methoxy groups -OCH3 is 1. The van der Waals surface area contributed by atoms with Crippen LogP contribution in [0.25, 0.3) is 0 Å². The molecule has 0 aromatic heterocycles. The van der Waals surface area contributed by atoms with Crippen LogP contribution in [0.4, 0.5) is 18.9 Å². The highest BCUT2D eigenvalue weighted by Gasteiger charge is 2.51. The third kappa shape index (κ3) is 5.04. The van der Waals surface area contributed by atoms with E-state index in [2.05, 4.69) is 15.5 Å². The maximum absolute atomic E-state index is 13.1. The summed E-state index contributed by atoms with van der Waals surface area (Å²) in [4.78, 5) is 27.4. The Morgan fingerprint density at radius 1 is 1.24 bits per heavy atom. The average molecular weight is 476 g/mol. The molecular formula is C25H28F3N3O3. The lowest BCUT2D eigenvalue weighted by Crippen LogP contribution is -2.53. The number of nitrogens with one attached hydrogen (secondary N) is 2. The monoisotopic (exact) mass is 475 g/mol. The fourth-order valence-corrected chi connectivity index (χ4v) is 5.19. The van der Waals surface area contributed by atoms with E-state index in [1.807, 2.05) is 31.2 Å². The van der Waals surface area contributed by atoms with Crippen molar-refractivity contribution in [2.45, 2.75) is 56.4 Å². The first-order valence-corrected chi connectivity index (χ1v) is 11.3. The van der Waals surface area contributed by atoms with E-state index in [4.69, 9.17) is 4.74 Å². The van der Waals surface area contributed by atoms with Gasteiger partial charge in [0.2, 0.25) is 11.8 Å². The Morgan fingerprint density at radius 2 is 1.97 bits per heavy atom. The smallest absolute Gasteiger partial charge is 0.416 e. The summed E-state index contributed by atoms with van der Waals surface area (Å²) in [6.07, 6.45) is -2.00. The number of carbonyl (C=O) groups is 2. The zero-order chi connectivity index (χ0) is 24.5. The van der Waals surface area contributed by atoms with Crippen molar-refractivity contribution in [3.63, 3.8) is 0 Å². The Hall–Kier alpha value is -3.07. The highest BCUT2D eigenvalue weighted by Crippen LogP contribution is 2.45. The summed E-state index contributed by atoms with van der Waals surface area (Å²) in [5, 5.41) is 5.77. The van der Waals surface area contributed by atoms with E-state index in [0.29, 0.717) is 25.0 Å². The van der Waals surface area contributed by atoms with E-state index < -0.39 is 23.2 Å². The van der Waals surface area contributed by atoms with Crippen LogP contribution in [0.5, 0.6) is 5.75 Å². The van der Waals surface area contributed by atoms with Crippen molar-refractivity contribution in [2.24, 2.45) is 0 Å². The van der Waals surface area contributed by atoms with E-state index in [-0.39, 0.29) is 30.2 Å². The summed E-state index contributed by atoms with van der Waals surface area (Å²) >= 11 is 0. The fourth-order valence-electron chi connectivity index (χ4n) is 5.19. The van der Waals surface area contributed by atoms with Crippen LogP contribution in [-0.4, -0.2) is 41.9 Å². The van der Waals surface area contributed by atoms with Crippen LogP contribution in [0.15, 0.2) is 48.5 Å². The van der Waals surface area contributed by atoms with Crippen molar-refractivity contribution in [3.8, 4) is 5.75 Å². The maximum atomic E-state index is 13.1. The molecule has 9 heteroatoms. The molecule has 34 heavy (non-hydrogen) atoms. The van der Waals surface area contributed by atoms with Crippen LogP contribution in [0.1, 0.15) is 49.8 Å². The number of likely N-dealkylation sites (tertiary alicyclic amines) is 1. The first-order chi connectivity index (χ1) is 16.1. The zero-order valence-electron chi connectivity index (χ0n) is 19.1. The van der Waals surface area contributed by atoms with Gasteiger partial charge in [-0.25, -0.2) is 0 Å². The number of nitrogens with zero attached hydrogens (tertiary/aromatic N) is 1. The first-order valence-electron chi connectivity index (χ1n) is 11.3. The second-order valence-electron chi connectivity index (χ2n) is 9.17. The molecule has 0 saturated carbocycles. The minimum absolute atomic E-state index is 0.00579. The van der Waals surface area contributed by atoms with Gasteiger partial charge >= 0.3 is 6.18 Å². The topological polar surface area (TPSA) is 70.7 Å². The molecule has 182 valence electrons. The summed E-state index contributed by atoms with van der Waals surface area (Å²) in [7, 11) is 1.59. The molecule has 2 amide bonds. The van der Waals surface area contributed by atoms with Gasteiger partial charge in [0.05, 0.1) is 24.8 Å². The number of rotatable bonds is 5. The van der Waals surface area contributed by atoms with Gasteiger partial charge in [0.15, 0.2) is 0 Å². The van der Waals surface area contributed by atoms with Crippen molar-refractivity contribution in [2.75, 3.05) is 19.0 Å². The molecule has 0 spiro atoms. The normalized spacial score (nSPS) is 25.3. The van der Waals surface area contributed by atoms with Crippen molar-refractivity contribution in [1.29, 1.82) is 0 Å². The van der Waals surface area contributed by atoms with Gasteiger partial charge in [-0.3, -0.25) is 14.5 Å². The van der Waals surface area contributed by atoms with Crippen LogP contribution in [0.2, 0.25) is 0 Å². The highest BCUT2D eigenvalue weighted by molar-refractivity contribution is 5.92. The summed E-state index contributed by atoms with van der Waals surface area (Å²) in [6, 6.07) is 12.0. The standard InChI is InChI=1S/C25H28F3N3O3/c1-24-14-20(16-9-11-19(34-2)12-10-16)31(21(24)7-4-8-22(32)30-24)15-23(33)29-18-6-3-5-17(13-18)25(26,27)28/h3,5-6,9-13,20-21H,4,7-8,14-15H2,1-2H3,(H,29,33)(H,30,32)/t20-,21-,24-/m0/s1. The van der Waals surface area contributed by atoms with Gasteiger partial charge < -0.3 is 15.4 Å². The van der Waals surface area contributed by atoms with Gasteiger partial charge in [0, 0.05) is 24.2 Å². The Balaban J connectivity index is 1.59. The summed E-state index contributed by atoms with van der Waals surface area (Å²) in [5.74, 6) is 0.302. The van der Waals surface area contributed by atoms with Crippen LogP contribution in [0.3, 0.4) is 0 Å². The van der Waals surface area contributed by atoms with Gasteiger partial charge in [-0.1, -0.05) is 18.2 Å². The summed E-state index contributed by atoms with van der Waals surface area (Å²) in [5.41, 5.74) is -0.260. The van der Waals surface area contributed by atoms with E-state index >= 15 is 0 Å². The molecule has 2 aliphatic heterocycles. The number of fused-ring (bicyclic) bond motifs is 1. The van der Waals surface area contributed by atoms with Crippen molar-refractivity contribution >= 4 is 17.5 Å².